The molecule has 0 aromatic carbocycles. The Bertz CT molecular complexity index is 527. The lowest BCUT2D eigenvalue weighted by Crippen LogP contribution is -2.39. The highest BCUT2D eigenvalue weighted by molar-refractivity contribution is 7.10. The van der Waals surface area contributed by atoms with E-state index >= 15 is 0 Å². The third kappa shape index (κ3) is 3.81. The van der Waals surface area contributed by atoms with Gasteiger partial charge in [0.05, 0.1) is 6.04 Å². The van der Waals surface area contributed by atoms with Crippen LogP contribution in [0.4, 0.5) is 4.79 Å². The van der Waals surface area contributed by atoms with Gasteiger partial charge >= 0.3 is 6.03 Å². The van der Waals surface area contributed by atoms with Crippen molar-refractivity contribution >= 4 is 17.4 Å². The fourth-order valence-corrected chi connectivity index (χ4v) is 2.69. The Balaban J connectivity index is 1.80. The highest BCUT2D eigenvalue weighted by Crippen LogP contribution is 2.23. The largest absolute Gasteiger partial charge is 0.338 e. The molecule has 0 saturated carbocycles. The Kier molecular flexibility index (Phi) is 5.12. The second-order valence-electron chi connectivity index (χ2n) is 4.61. The smallest absolute Gasteiger partial charge is 0.317 e. The maximum absolute atomic E-state index is 12.1. The minimum absolute atomic E-state index is 0.0539. The first kappa shape index (κ1) is 14.5. The van der Waals surface area contributed by atoms with E-state index in [-0.39, 0.29) is 12.1 Å². The quantitative estimate of drug-likeness (QED) is 0.919. The van der Waals surface area contributed by atoms with Crippen LogP contribution in [0.3, 0.4) is 0 Å². The number of amides is 2. The van der Waals surface area contributed by atoms with Gasteiger partial charge in [0, 0.05) is 36.8 Å². The summed E-state index contributed by atoms with van der Waals surface area (Å²) in [5.41, 5.74) is 0.988. The van der Waals surface area contributed by atoms with E-state index < -0.39 is 0 Å². The topological polar surface area (TPSA) is 45.2 Å². The zero-order chi connectivity index (χ0) is 14.4. The van der Waals surface area contributed by atoms with Crippen molar-refractivity contribution in [2.75, 3.05) is 13.6 Å². The van der Waals surface area contributed by atoms with Crippen molar-refractivity contribution in [2.24, 2.45) is 0 Å². The van der Waals surface area contributed by atoms with Crippen molar-refractivity contribution in [3.63, 3.8) is 0 Å². The van der Waals surface area contributed by atoms with Gasteiger partial charge in [-0.2, -0.15) is 0 Å². The summed E-state index contributed by atoms with van der Waals surface area (Å²) in [6.45, 7) is 2.63. The van der Waals surface area contributed by atoms with Crippen LogP contribution >= 0.6 is 11.3 Å². The second-order valence-corrected chi connectivity index (χ2v) is 5.58. The molecule has 20 heavy (non-hydrogen) atoms. The van der Waals surface area contributed by atoms with Crippen molar-refractivity contribution in [3.8, 4) is 0 Å². The maximum atomic E-state index is 12.1. The molecule has 0 spiro atoms. The molecule has 0 aliphatic carbocycles. The fourth-order valence-electron chi connectivity index (χ4n) is 1.86. The van der Waals surface area contributed by atoms with Crippen LogP contribution in [0.5, 0.6) is 0 Å². The second kappa shape index (κ2) is 7.05. The Morgan fingerprint density at radius 3 is 2.90 bits per heavy atom. The number of nitrogens with zero attached hydrogens (tertiary/aromatic N) is 2. The van der Waals surface area contributed by atoms with Crippen molar-refractivity contribution in [3.05, 3.63) is 52.5 Å². The average molecular weight is 289 g/mol. The predicted octanol–water partition coefficient (Wildman–Crippen LogP) is 3.09. The molecule has 0 radical (unpaired) electrons. The SMILES string of the molecule is C[C@H](c1cccs1)N(C)C(=O)NCCc1ccccn1. The first-order valence-corrected chi connectivity index (χ1v) is 7.50. The summed E-state index contributed by atoms with van der Waals surface area (Å²) in [5, 5.41) is 4.95. The van der Waals surface area contributed by atoms with Gasteiger partial charge in [0.1, 0.15) is 0 Å². The molecule has 2 amide bonds. The monoisotopic (exact) mass is 289 g/mol. The summed E-state index contributed by atoms with van der Waals surface area (Å²) in [7, 11) is 1.82. The number of hydrogen-bond donors (Lipinski definition) is 1. The molecule has 0 aliphatic rings. The van der Waals surface area contributed by atoms with E-state index in [0.29, 0.717) is 6.54 Å². The number of nitrogens with one attached hydrogen (secondary N) is 1. The molecule has 2 heterocycles. The highest BCUT2D eigenvalue weighted by Gasteiger charge is 2.17. The summed E-state index contributed by atoms with van der Waals surface area (Å²) in [6.07, 6.45) is 2.51. The number of carbonyl (C=O) groups is 1. The van der Waals surface area contributed by atoms with Gasteiger partial charge < -0.3 is 10.2 Å². The molecule has 1 N–H and O–H groups in total. The molecule has 2 aromatic heterocycles. The van der Waals surface area contributed by atoms with Crippen LogP contribution in [0.15, 0.2) is 41.9 Å². The van der Waals surface area contributed by atoms with Gasteiger partial charge in [0.2, 0.25) is 0 Å². The number of thiophene rings is 1. The Labute approximate surface area is 123 Å². The fraction of sp³-hybridized carbons (Fsp3) is 0.333. The number of urea groups is 1. The molecule has 0 aliphatic heterocycles. The van der Waals surface area contributed by atoms with Crippen molar-refractivity contribution in [1.29, 1.82) is 0 Å². The minimum atomic E-state index is -0.0539. The zero-order valence-electron chi connectivity index (χ0n) is 11.7. The highest BCUT2D eigenvalue weighted by atomic mass is 32.1. The van der Waals surface area contributed by atoms with Crippen LogP contribution < -0.4 is 5.32 Å². The Morgan fingerprint density at radius 2 is 2.25 bits per heavy atom. The summed E-state index contributed by atoms with van der Waals surface area (Å²) >= 11 is 1.67. The van der Waals surface area contributed by atoms with Crippen LogP contribution in [0.25, 0.3) is 0 Å². The van der Waals surface area contributed by atoms with Crippen LogP contribution in [0.2, 0.25) is 0 Å². The lowest BCUT2D eigenvalue weighted by molar-refractivity contribution is 0.195. The molecule has 2 aromatic rings. The van der Waals surface area contributed by atoms with Gasteiger partial charge in [-0.1, -0.05) is 12.1 Å². The first-order chi connectivity index (χ1) is 9.68. The van der Waals surface area contributed by atoms with Crippen LogP contribution in [-0.4, -0.2) is 29.5 Å². The summed E-state index contributed by atoms with van der Waals surface area (Å²) in [5.74, 6) is 0. The molecular weight excluding hydrogens is 270 g/mol. The van der Waals surface area contributed by atoms with E-state index in [2.05, 4.69) is 10.3 Å². The van der Waals surface area contributed by atoms with Gasteiger partial charge in [-0.25, -0.2) is 4.79 Å². The van der Waals surface area contributed by atoms with E-state index in [1.165, 1.54) is 4.88 Å². The van der Waals surface area contributed by atoms with E-state index in [4.69, 9.17) is 0 Å². The van der Waals surface area contributed by atoms with Crippen molar-refractivity contribution in [2.45, 2.75) is 19.4 Å². The first-order valence-electron chi connectivity index (χ1n) is 6.62. The van der Waals surface area contributed by atoms with Gasteiger partial charge in [0.25, 0.3) is 0 Å². The average Bonchev–Trinajstić information content (AvgIpc) is 3.01. The summed E-state index contributed by atoms with van der Waals surface area (Å²) in [6, 6.07) is 9.89. The third-order valence-corrected chi connectivity index (χ3v) is 4.28. The predicted molar refractivity (Wildman–Crippen MR) is 81.8 cm³/mol. The van der Waals surface area contributed by atoms with Crippen molar-refractivity contribution in [1.82, 2.24) is 15.2 Å². The number of carbonyl (C=O) groups excluding carboxylic acids is 1. The number of pyridine rings is 1. The molecule has 1 atom stereocenters. The molecular formula is C15H19N3OS. The molecule has 0 unspecified atom stereocenters. The Morgan fingerprint density at radius 1 is 1.40 bits per heavy atom. The van der Waals surface area contributed by atoms with Gasteiger partial charge in [-0.05, 0) is 30.5 Å². The minimum Gasteiger partial charge on any atom is -0.338 e. The number of aromatic nitrogens is 1. The van der Waals surface area contributed by atoms with Crippen LogP contribution in [0, 0.1) is 0 Å². The van der Waals surface area contributed by atoms with Crippen LogP contribution in [0.1, 0.15) is 23.5 Å². The Hall–Kier alpha value is -1.88. The molecule has 2 rings (SSSR count). The molecule has 0 fully saturated rings. The van der Waals surface area contributed by atoms with E-state index in [0.717, 1.165) is 12.1 Å². The molecule has 0 saturated heterocycles. The van der Waals surface area contributed by atoms with Gasteiger partial charge in [-0.3, -0.25) is 4.98 Å². The number of hydrogen-bond acceptors (Lipinski definition) is 3. The normalized spacial score (nSPS) is 11.9. The summed E-state index contributed by atoms with van der Waals surface area (Å²) in [4.78, 5) is 19.2. The van der Waals surface area contributed by atoms with Gasteiger partial charge in [-0.15, -0.1) is 11.3 Å². The molecule has 5 heteroatoms. The van der Waals surface area contributed by atoms with Crippen molar-refractivity contribution < 1.29 is 4.79 Å². The van der Waals surface area contributed by atoms with Gasteiger partial charge in [0.15, 0.2) is 0 Å². The third-order valence-electron chi connectivity index (χ3n) is 3.24. The summed E-state index contributed by atoms with van der Waals surface area (Å²) < 4.78 is 0. The molecule has 0 bridgehead atoms. The van der Waals surface area contributed by atoms with E-state index in [9.17, 15) is 4.79 Å². The van der Waals surface area contributed by atoms with E-state index in [1.807, 2.05) is 49.7 Å². The van der Waals surface area contributed by atoms with Crippen LogP contribution in [-0.2, 0) is 6.42 Å². The lowest BCUT2D eigenvalue weighted by Gasteiger charge is -2.24. The maximum Gasteiger partial charge on any atom is 0.317 e. The number of rotatable bonds is 5. The zero-order valence-corrected chi connectivity index (χ0v) is 12.6. The lowest BCUT2D eigenvalue weighted by atomic mass is 10.2. The van der Waals surface area contributed by atoms with E-state index in [1.54, 1.807) is 22.4 Å². The molecule has 4 nitrogen and oxygen atoms in total. The standard InChI is InChI=1S/C15H19N3OS/c1-12(14-7-5-11-20-14)18(2)15(19)17-10-8-13-6-3-4-9-16-13/h3-7,9,11-12H,8,10H2,1-2H3,(H,17,19)/t12-/m1/s1. The molecule has 106 valence electrons.